The molecule has 1 heterocycles. The summed E-state index contributed by atoms with van der Waals surface area (Å²) in [6, 6.07) is 0.225. The van der Waals surface area contributed by atoms with E-state index in [0.29, 0.717) is 10.4 Å². The van der Waals surface area contributed by atoms with Crippen LogP contribution >= 0.6 is 11.8 Å². The van der Waals surface area contributed by atoms with Gasteiger partial charge >= 0.3 is 6.09 Å². The Kier molecular flexibility index (Phi) is 2.97. The smallest absolute Gasteiger partial charge is 0.410 e. The van der Waals surface area contributed by atoms with E-state index in [4.69, 9.17) is 5.11 Å². The average Bonchev–Trinajstić information content (AvgIpc) is 1.81. The van der Waals surface area contributed by atoms with Gasteiger partial charge in [0, 0.05) is 5.25 Å². The number of rotatable bonds is 0. The molecule has 2 atom stereocenters. The van der Waals surface area contributed by atoms with E-state index in [0.717, 1.165) is 6.42 Å². The maximum absolute atomic E-state index is 10.3. The van der Waals surface area contributed by atoms with Gasteiger partial charge in [0.15, 0.2) is 5.17 Å². The molecule has 0 aromatic carbocycles. The number of nitrogens with one attached hydrogen (secondary N) is 1. The topological polar surface area (TPSA) is 61.7 Å². The lowest BCUT2D eigenvalue weighted by Crippen LogP contribution is -2.32. The van der Waals surface area contributed by atoms with E-state index in [1.54, 1.807) is 0 Å². The standard InChI is InChI=1S/C7H12N2O2S/c1-4-3-5(2)12-6(8-4)9-7(10)11/h4-5H,3H2,1-2H3,(H,8,9)(H,10,11). The highest BCUT2D eigenvalue weighted by Crippen LogP contribution is 2.23. The van der Waals surface area contributed by atoms with Crippen LogP contribution in [0, 0.1) is 0 Å². The predicted molar refractivity (Wildman–Crippen MR) is 49.7 cm³/mol. The first-order valence-electron chi connectivity index (χ1n) is 3.82. The quantitative estimate of drug-likeness (QED) is 0.606. The van der Waals surface area contributed by atoms with Crippen molar-refractivity contribution in [3.05, 3.63) is 0 Å². The molecule has 12 heavy (non-hydrogen) atoms. The SMILES string of the molecule is CC1CC(C)SC(NC(=O)O)=N1. The van der Waals surface area contributed by atoms with E-state index in [-0.39, 0.29) is 6.04 Å². The number of amidine groups is 1. The van der Waals surface area contributed by atoms with Gasteiger partial charge in [0.1, 0.15) is 0 Å². The number of thioether (sulfide) groups is 1. The van der Waals surface area contributed by atoms with E-state index >= 15 is 0 Å². The molecule has 1 amide bonds. The van der Waals surface area contributed by atoms with E-state index in [9.17, 15) is 4.79 Å². The predicted octanol–water partition coefficient (Wildman–Crippen LogP) is 1.52. The summed E-state index contributed by atoms with van der Waals surface area (Å²) in [6.07, 6.45) is -0.0299. The molecular weight excluding hydrogens is 176 g/mol. The minimum Gasteiger partial charge on any atom is -0.465 e. The maximum atomic E-state index is 10.3. The number of amides is 1. The van der Waals surface area contributed by atoms with Crippen molar-refractivity contribution >= 4 is 23.0 Å². The van der Waals surface area contributed by atoms with Crippen molar-refractivity contribution in [2.24, 2.45) is 4.99 Å². The largest absolute Gasteiger partial charge is 0.465 e. The third kappa shape index (κ3) is 2.73. The highest BCUT2D eigenvalue weighted by Gasteiger charge is 2.19. The van der Waals surface area contributed by atoms with Gasteiger partial charge in [-0.15, -0.1) is 0 Å². The fourth-order valence-corrected chi connectivity index (χ4v) is 2.30. The van der Waals surface area contributed by atoms with Crippen molar-refractivity contribution in [2.75, 3.05) is 0 Å². The summed E-state index contributed by atoms with van der Waals surface area (Å²) >= 11 is 1.48. The highest BCUT2D eigenvalue weighted by molar-refractivity contribution is 8.14. The number of hydrogen-bond donors (Lipinski definition) is 2. The van der Waals surface area contributed by atoms with Crippen LogP contribution in [0.1, 0.15) is 20.3 Å². The second-order valence-electron chi connectivity index (χ2n) is 2.88. The molecule has 0 saturated carbocycles. The van der Waals surface area contributed by atoms with Gasteiger partial charge in [-0.3, -0.25) is 10.3 Å². The summed E-state index contributed by atoms with van der Waals surface area (Å²) in [5, 5.41) is 11.7. The first kappa shape index (κ1) is 9.38. The lowest BCUT2D eigenvalue weighted by Gasteiger charge is -2.21. The zero-order valence-corrected chi connectivity index (χ0v) is 7.89. The average molecular weight is 188 g/mol. The molecule has 0 fully saturated rings. The van der Waals surface area contributed by atoms with Crippen LogP contribution in [0.25, 0.3) is 0 Å². The van der Waals surface area contributed by atoms with Crippen molar-refractivity contribution in [2.45, 2.75) is 31.6 Å². The van der Waals surface area contributed by atoms with Crippen LogP contribution < -0.4 is 5.32 Å². The van der Waals surface area contributed by atoms with Crippen LogP contribution in [-0.2, 0) is 0 Å². The van der Waals surface area contributed by atoms with Gasteiger partial charge in [-0.25, -0.2) is 4.79 Å². The van der Waals surface area contributed by atoms with Gasteiger partial charge in [-0.05, 0) is 13.3 Å². The Morgan fingerprint density at radius 3 is 2.92 bits per heavy atom. The van der Waals surface area contributed by atoms with E-state index in [2.05, 4.69) is 17.2 Å². The monoisotopic (exact) mass is 188 g/mol. The first-order valence-corrected chi connectivity index (χ1v) is 4.70. The zero-order valence-electron chi connectivity index (χ0n) is 7.07. The van der Waals surface area contributed by atoms with E-state index < -0.39 is 6.09 Å². The molecule has 0 aliphatic carbocycles. The molecule has 0 radical (unpaired) electrons. The van der Waals surface area contributed by atoms with Crippen LogP contribution in [0.3, 0.4) is 0 Å². The number of nitrogens with zero attached hydrogens (tertiary/aromatic N) is 1. The molecule has 2 N–H and O–H groups in total. The summed E-state index contributed by atoms with van der Waals surface area (Å²) < 4.78 is 0. The van der Waals surface area contributed by atoms with Gasteiger partial charge in [0.05, 0.1) is 6.04 Å². The Morgan fingerprint density at radius 1 is 1.75 bits per heavy atom. The normalized spacial score (nSPS) is 29.3. The first-order chi connectivity index (χ1) is 5.58. The van der Waals surface area contributed by atoms with Gasteiger partial charge in [0.25, 0.3) is 0 Å². The molecule has 2 unspecified atom stereocenters. The van der Waals surface area contributed by atoms with Crippen molar-refractivity contribution in [1.29, 1.82) is 0 Å². The maximum Gasteiger partial charge on any atom is 0.410 e. The third-order valence-electron chi connectivity index (χ3n) is 1.54. The zero-order chi connectivity index (χ0) is 9.14. The molecule has 4 nitrogen and oxygen atoms in total. The number of aliphatic imine (C=N–C) groups is 1. The van der Waals surface area contributed by atoms with Gasteiger partial charge < -0.3 is 5.11 Å². The minimum absolute atomic E-state index is 0.225. The molecule has 5 heteroatoms. The Bertz CT molecular complexity index is 217. The summed E-state index contributed by atoms with van der Waals surface area (Å²) in [5.74, 6) is 0. The van der Waals surface area contributed by atoms with Crippen molar-refractivity contribution in [3.63, 3.8) is 0 Å². The number of hydrogen-bond acceptors (Lipinski definition) is 3. The van der Waals surface area contributed by atoms with Gasteiger partial charge in [0.2, 0.25) is 0 Å². The second-order valence-corrected chi connectivity index (χ2v) is 4.30. The highest BCUT2D eigenvalue weighted by atomic mass is 32.2. The molecule has 0 aromatic rings. The summed E-state index contributed by atoms with van der Waals surface area (Å²) in [4.78, 5) is 14.4. The molecule has 0 saturated heterocycles. The Morgan fingerprint density at radius 2 is 2.42 bits per heavy atom. The van der Waals surface area contributed by atoms with Crippen molar-refractivity contribution in [3.8, 4) is 0 Å². The Labute approximate surface area is 75.4 Å². The van der Waals surface area contributed by atoms with Crippen LogP contribution in [0.15, 0.2) is 4.99 Å². The fourth-order valence-electron chi connectivity index (χ4n) is 1.16. The van der Waals surface area contributed by atoms with Crippen LogP contribution in [-0.4, -0.2) is 27.7 Å². The Hall–Kier alpha value is -0.710. The fraction of sp³-hybridized carbons (Fsp3) is 0.714. The lowest BCUT2D eigenvalue weighted by molar-refractivity contribution is 0.200. The van der Waals surface area contributed by atoms with Crippen LogP contribution in [0.2, 0.25) is 0 Å². The molecule has 68 valence electrons. The molecule has 0 bridgehead atoms. The number of carbonyl (C=O) groups is 1. The molecule has 1 rings (SSSR count). The lowest BCUT2D eigenvalue weighted by atomic mass is 10.2. The molecular formula is C7H12N2O2S. The van der Waals surface area contributed by atoms with E-state index in [1.165, 1.54) is 11.8 Å². The summed E-state index contributed by atoms with van der Waals surface area (Å²) in [7, 11) is 0. The molecule has 1 aliphatic heterocycles. The van der Waals surface area contributed by atoms with Crippen molar-refractivity contribution < 1.29 is 9.90 Å². The number of carboxylic acid groups (broad SMARTS) is 1. The third-order valence-corrected chi connectivity index (χ3v) is 2.56. The molecule has 0 spiro atoms. The molecule has 0 aromatic heterocycles. The Balaban J connectivity index is 2.57. The summed E-state index contributed by atoms with van der Waals surface area (Å²) in [6.45, 7) is 4.05. The summed E-state index contributed by atoms with van der Waals surface area (Å²) in [5.41, 5.74) is 0. The van der Waals surface area contributed by atoms with Crippen LogP contribution in [0.5, 0.6) is 0 Å². The van der Waals surface area contributed by atoms with Gasteiger partial charge in [-0.2, -0.15) is 0 Å². The minimum atomic E-state index is -1.04. The second kappa shape index (κ2) is 3.80. The van der Waals surface area contributed by atoms with Crippen molar-refractivity contribution in [1.82, 2.24) is 5.32 Å². The van der Waals surface area contributed by atoms with Crippen LogP contribution in [0.4, 0.5) is 4.79 Å². The van der Waals surface area contributed by atoms with Gasteiger partial charge in [-0.1, -0.05) is 18.7 Å². The van der Waals surface area contributed by atoms with E-state index in [1.807, 2.05) is 6.92 Å². The molecule has 1 aliphatic rings.